The number of methoxy groups -OCH3 is 1. The number of hydrogen-bond donors (Lipinski definition) is 1. The van der Waals surface area contributed by atoms with E-state index in [0.717, 1.165) is 25.7 Å². The van der Waals surface area contributed by atoms with Crippen LogP contribution < -0.4 is 0 Å². The predicted molar refractivity (Wildman–Crippen MR) is 114 cm³/mol. The molecule has 4 rings (SSSR count). The van der Waals surface area contributed by atoms with E-state index < -0.39 is 17.1 Å². The maximum absolute atomic E-state index is 13.4. The van der Waals surface area contributed by atoms with Crippen LogP contribution in [-0.4, -0.2) is 48.1 Å². The molecule has 0 saturated heterocycles. The molecule has 0 aromatic carbocycles. The van der Waals surface area contributed by atoms with Gasteiger partial charge in [-0.15, -0.1) is 0 Å². The van der Waals surface area contributed by atoms with Crippen molar-refractivity contribution >= 4 is 17.5 Å². The number of carbonyl (C=O) groups is 3. The van der Waals surface area contributed by atoms with Crippen LogP contribution in [0.2, 0.25) is 0 Å². The second-order valence-electron chi connectivity index (χ2n) is 11.0. The Balaban J connectivity index is 1.63. The molecule has 174 valence electrons. The van der Waals surface area contributed by atoms with Gasteiger partial charge in [0.1, 0.15) is 11.4 Å². The Morgan fingerprint density at radius 3 is 2.58 bits per heavy atom. The quantitative estimate of drug-likeness (QED) is 0.667. The van der Waals surface area contributed by atoms with Crippen LogP contribution in [-0.2, 0) is 23.9 Å². The van der Waals surface area contributed by atoms with Gasteiger partial charge in [-0.2, -0.15) is 0 Å². The highest BCUT2D eigenvalue weighted by molar-refractivity contribution is 5.91. The van der Waals surface area contributed by atoms with E-state index in [0.29, 0.717) is 43.3 Å². The number of ether oxygens (including phenoxy) is 2. The lowest BCUT2D eigenvalue weighted by molar-refractivity contribution is -0.205. The van der Waals surface area contributed by atoms with Crippen LogP contribution in [0.15, 0.2) is 0 Å². The number of Topliss-reactive ketones (excluding diaryl/α,β-unsaturated/α-hetero) is 2. The summed E-state index contributed by atoms with van der Waals surface area (Å²) in [5.74, 6) is 0.920. The first kappa shape index (κ1) is 22.9. The molecular formula is C25H38O6. The minimum atomic E-state index is -1.03. The molecule has 4 saturated carbocycles. The number of esters is 1. The van der Waals surface area contributed by atoms with E-state index in [4.69, 9.17) is 9.47 Å². The zero-order chi connectivity index (χ0) is 22.6. The van der Waals surface area contributed by atoms with Crippen molar-refractivity contribution in [3.8, 4) is 0 Å². The first-order chi connectivity index (χ1) is 14.6. The summed E-state index contributed by atoms with van der Waals surface area (Å²) in [6, 6.07) is 0. The highest BCUT2D eigenvalue weighted by Crippen LogP contribution is 2.68. The third-order valence-corrected chi connectivity index (χ3v) is 9.99. The van der Waals surface area contributed by atoms with E-state index >= 15 is 0 Å². The predicted octanol–water partition coefficient (Wildman–Crippen LogP) is 3.48. The van der Waals surface area contributed by atoms with Gasteiger partial charge >= 0.3 is 5.97 Å². The zero-order valence-electron chi connectivity index (χ0n) is 19.4. The fraction of sp³-hybridized carbons (Fsp3) is 0.880. The van der Waals surface area contributed by atoms with Gasteiger partial charge < -0.3 is 14.6 Å². The van der Waals surface area contributed by atoms with Crippen LogP contribution >= 0.6 is 0 Å². The van der Waals surface area contributed by atoms with E-state index in [1.54, 1.807) is 14.0 Å². The maximum atomic E-state index is 13.4. The summed E-state index contributed by atoms with van der Waals surface area (Å²) in [4.78, 5) is 37.1. The Hall–Kier alpha value is -1.27. The third kappa shape index (κ3) is 3.23. The molecule has 8 atom stereocenters. The zero-order valence-corrected chi connectivity index (χ0v) is 19.4. The topological polar surface area (TPSA) is 89.9 Å². The highest BCUT2D eigenvalue weighted by Gasteiger charge is 2.69. The van der Waals surface area contributed by atoms with Crippen molar-refractivity contribution in [2.24, 2.45) is 34.5 Å². The van der Waals surface area contributed by atoms with Crippen molar-refractivity contribution in [1.82, 2.24) is 0 Å². The fourth-order valence-corrected chi connectivity index (χ4v) is 8.43. The van der Waals surface area contributed by atoms with Gasteiger partial charge in [-0.1, -0.05) is 20.8 Å². The molecule has 0 amide bonds. The van der Waals surface area contributed by atoms with Gasteiger partial charge in [0.15, 0.2) is 6.61 Å². The minimum absolute atomic E-state index is 0.0173. The molecule has 0 radical (unpaired) electrons. The van der Waals surface area contributed by atoms with Crippen molar-refractivity contribution in [2.75, 3.05) is 13.7 Å². The number of aliphatic hydroxyl groups excluding tert-OH is 1. The lowest BCUT2D eigenvalue weighted by Gasteiger charge is -2.62. The van der Waals surface area contributed by atoms with E-state index in [-0.39, 0.29) is 42.0 Å². The SMILES string of the molecule is CCC(=O)OCC(=O)[C@@]1(OC)CCC2C3CCC4CC(=O)CC[C@]4(C)C3C(O)C[C@@]21C. The minimum Gasteiger partial charge on any atom is -0.458 e. The Morgan fingerprint density at radius 1 is 1.16 bits per heavy atom. The summed E-state index contributed by atoms with van der Waals surface area (Å²) in [5, 5.41) is 11.5. The highest BCUT2D eigenvalue weighted by atomic mass is 16.5. The third-order valence-electron chi connectivity index (χ3n) is 9.99. The molecule has 6 heteroatoms. The van der Waals surface area contributed by atoms with E-state index in [1.165, 1.54) is 0 Å². The molecule has 0 aliphatic heterocycles. The molecule has 0 heterocycles. The second kappa shape index (κ2) is 7.95. The number of hydrogen-bond acceptors (Lipinski definition) is 6. The number of rotatable bonds is 5. The Labute approximate surface area is 185 Å². The largest absolute Gasteiger partial charge is 0.458 e. The molecule has 0 aromatic heterocycles. The fourth-order valence-electron chi connectivity index (χ4n) is 8.43. The van der Waals surface area contributed by atoms with Gasteiger partial charge in [0.25, 0.3) is 0 Å². The smallest absolute Gasteiger partial charge is 0.305 e. The molecule has 5 unspecified atom stereocenters. The summed E-state index contributed by atoms with van der Waals surface area (Å²) in [6.07, 6.45) is 5.84. The molecular weight excluding hydrogens is 396 g/mol. The Morgan fingerprint density at radius 2 is 1.90 bits per heavy atom. The molecule has 31 heavy (non-hydrogen) atoms. The van der Waals surface area contributed by atoms with Gasteiger partial charge in [0.05, 0.1) is 6.10 Å². The van der Waals surface area contributed by atoms with Crippen LogP contribution in [0.1, 0.15) is 78.6 Å². The Kier molecular flexibility index (Phi) is 5.87. The molecule has 0 aromatic rings. The van der Waals surface area contributed by atoms with E-state index in [1.807, 2.05) is 0 Å². The van der Waals surface area contributed by atoms with Crippen molar-refractivity contribution in [2.45, 2.75) is 90.3 Å². The summed E-state index contributed by atoms with van der Waals surface area (Å²) in [7, 11) is 1.58. The molecule has 4 aliphatic carbocycles. The van der Waals surface area contributed by atoms with Crippen LogP contribution in [0.3, 0.4) is 0 Å². The van der Waals surface area contributed by atoms with Crippen molar-refractivity contribution in [3.05, 3.63) is 0 Å². The molecule has 6 nitrogen and oxygen atoms in total. The van der Waals surface area contributed by atoms with E-state index in [9.17, 15) is 19.5 Å². The van der Waals surface area contributed by atoms with Crippen molar-refractivity contribution in [3.63, 3.8) is 0 Å². The van der Waals surface area contributed by atoms with Crippen LogP contribution in [0, 0.1) is 34.5 Å². The van der Waals surface area contributed by atoms with Crippen LogP contribution in [0.4, 0.5) is 0 Å². The molecule has 0 spiro atoms. The number of carbonyl (C=O) groups excluding carboxylic acids is 3. The lowest BCUT2D eigenvalue weighted by atomic mass is 9.43. The first-order valence-electron chi connectivity index (χ1n) is 12.1. The van der Waals surface area contributed by atoms with Gasteiger partial charge in [0, 0.05) is 31.8 Å². The normalized spacial score (nSPS) is 46.6. The number of fused-ring (bicyclic) bond motifs is 5. The van der Waals surface area contributed by atoms with Crippen LogP contribution in [0.25, 0.3) is 0 Å². The summed E-state index contributed by atoms with van der Waals surface area (Å²) in [6.45, 7) is 5.83. The number of aliphatic hydroxyl groups is 1. The van der Waals surface area contributed by atoms with Gasteiger partial charge in [-0.3, -0.25) is 14.4 Å². The molecule has 0 bridgehead atoms. The van der Waals surface area contributed by atoms with Crippen molar-refractivity contribution < 1.29 is 29.0 Å². The summed E-state index contributed by atoms with van der Waals surface area (Å²) in [5.41, 5.74) is -1.54. The standard InChI is InChI=1S/C25H38O6/c1-5-21(29)31-14-20(28)25(30-4)11-9-18-17-7-6-15-12-16(26)8-10-23(15,2)22(17)19(27)13-24(18,25)3/h15,17-19,22,27H,5-14H2,1-4H3/t15?,17?,18?,19?,22?,23-,24-,25-/m0/s1. The molecule has 4 aliphatic rings. The maximum Gasteiger partial charge on any atom is 0.305 e. The second-order valence-corrected chi connectivity index (χ2v) is 11.0. The Bertz CT molecular complexity index is 763. The monoisotopic (exact) mass is 434 g/mol. The van der Waals surface area contributed by atoms with Gasteiger partial charge in [-0.25, -0.2) is 0 Å². The van der Waals surface area contributed by atoms with Crippen LogP contribution in [0.5, 0.6) is 0 Å². The van der Waals surface area contributed by atoms with Crippen molar-refractivity contribution in [1.29, 1.82) is 0 Å². The van der Waals surface area contributed by atoms with E-state index in [2.05, 4.69) is 13.8 Å². The average molecular weight is 435 g/mol. The summed E-state index contributed by atoms with van der Waals surface area (Å²) < 4.78 is 11.2. The molecule has 1 N–H and O–H groups in total. The number of ketones is 2. The summed E-state index contributed by atoms with van der Waals surface area (Å²) >= 11 is 0. The van der Waals surface area contributed by atoms with Gasteiger partial charge in [0.2, 0.25) is 5.78 Å². The lowest BCUT2D eigenvalue weighted by Crippen LogP contribution is -2.63. The van der Waals surface area contributed by atoms with Gasteiger partial charge in [-0.05, 0) is 67.6 Å². The first-order valence-corrected chi connectivity index (χ1v) is 12.1. The average Bonchev–Trinajstić information content (AvgIpc) is 3.04. The molecule has 4 fully saturated rings.